The highest BCUT2D eigenvalue weighted by Crippen LogP contribution is 2.33. The summed E-state index contributed by atoms with van der Waals surface area (Å²) in [6, 6.07) is 4.62. The molecular weight excluding hydrogens is 247 g/mol. The molecule has 0 atom stereocenters. The Morgan fingerprint density at radius 3 is 2.67 bits per heavy atom. The van der Waals surface area contributed by atoms with Gasteiger partial charge in [-0.2, -0.15) is 13.2 Å². The Labute approximate surface area is 101 Å². The molecule has 18 heavy (non-hydrogen) atoms. The highest BCUT2D eigenvalue weighted by Gasteiger charge is 2.37. The fourth-order valence-electron chi connectivity index (χ4n) is 1.84. The fraction of sp³-hybridized carbons (Fsp3) is 0.364. The number of nitrogens with zero attached hydrogens (tertiary/aromatic N) is 2. The van der Waals surface area contributed by atoms with E-state index in [9.17, 15) is 13.2 Å². The summed E-state index contributed by atoms with van der Waals surface area (Å²) in [6.45, 7) is -0.134. The number of hydrogen-bond donors (Lipinski definition) is 2. The van der Waals surface area contributed by atoms with E-state index in [1.165, 1.54) is 12.1 Å². The standard InChI is InChI=1S/C11H12F3N3O/c12-11(13,14)10-16-9-7(15)3-1-4-8(9)17(10)5-2-6-18/h1,3-4,18H,2,5-6,15H2. The maximum absolute atomic E-state index is 12.9. The van der Waals surface area contributed by atoms with Gasteiger partial charge in [-0.05, 0) is 18.6 Å². The number of alkyl halides is 3. The molecule has 2 aromatic rings. The van der Waals surface area contributed by atoms with Crippen molar-refractivity contribution in [1.82, 2.24) is 9.55 Å². The third-order valence-electron chi connectivity index (χ3n) is 2.60. The first-order chi connectivity index (χ1) is 8.45. The molecule has 0 aliphatic heterocycles. The molecule has 0 unspecified atom stereocenters. The molecule has 7 heteroatoms. The fourth-order valence-corrected chi connectivity index (χ4v) is 1.84. The highest BCUT2D eigenvalue weighted by atomic mass is 19.4. The predicted molar refractivity (Wildman–Crippen MR) is 60.9 cm³/mol. The number of rotatable bonds is 3. The second-order valence-corrected chi connectivity index (χ2v) is 3.88. The first-order valence-corrected chi connectivity index (χ1v) is 5.38. The van der Waals surface area contributed by atoms with Crippen molar-refractivity contribution < 1.29 is 18.3 Å². The van der Waals surface area contributed by atoms with E-state index in [2.05, 4.69) is 4.98 Å². The van der Waals surface area contributed by atoms with Crippen LogP contribution in [-0.2, 0) is 12.7 Å². The largest absolute Gasteiger partial charge is 0.449 e. The first kappa shape index (κ1) is 12.7. The summed E-state index contributed by atoms with van der Waals surface area (Å²) in [6.07, 6.45) is -4.32. The summed E-state index contributed by atoms with van der Waals surface area (Å²) in [7, 11) is 0. The monoisotopic (exact) mass is 259 g/mol. The molecular formula is C11H12F3N3O. The normalized spacial score (nSPS) is 12.2. The number of aromatic nitrogens is 2. The molecule has 98 valence electrons. The molecule has 1 aromatic heterocycles. The lowest BCUT2D eigenvalue weighted by molar-refractivity contribution is -0.147. The van der Waals surface area contributed by atoms with Crippen molar-refractivity contribution >= 4 is 16.7 Å². The zero-order valence-corrected chi connectivity index (χ0v) is 9.41. The number of hydrogen-bond acceptors (Lipinski definition) is 3. The van der Waals surface area contributed by atoms with Crippen LogP contribution in [0.4, 0.5) is 18.9 Å². The van der Waals surface area contributed by atoms with Gasteiger partial charge in [0.05, 0.1) is 11.2 Å². The summed E-state index contributed by atoms with van der Waals surface area (Å²) < 4.78 is 39.6. The number of halogens is 3. The summed E-state index contributed by atoms with van der Waals surface area (Å²) in [4.78, 5) is 3.57. The van der Waals surface area contributed by atoms with Gasteiger partial charge in [0.25, 0.3) is 0 Å². The Morgan fingerprint density at radius 1 is 1.33 bits per heavy atom. The van der Waals surface area contributed by atoms with Crippen LogP contribution in [0.2, 0.25) is 0 Å². The molecule has 0 aliphatic rings. The number of fused-ring (bicyclic) bond motifs is 1. The smallest absolute Gasteiger partial charge is 0.397 e. The number of nitrogen functional groups attached to an aromatic ring is 1. The average Bonchev–Trinajstić information content (AvgIpc) is 2.66. The lowest BCUT2D eigenvalue weighted by Gasteiger charge is -2.10. The number of anilines is 1. The molecule has 0 saturated carbocycles. The van der Waals surface area contributed by atoms with E-state index >= 15 is 0 Å². The predicted octanol–water partition coefficient (Wildman–Crippen LogP) is 2.02. The van der Waals surface area contributed by atoms with Crippen molar-refractivity contribution in [3.05, 3.63) is 24.0 Å². The van der Waals surface area contributed by atoms with Crippen molar-refractivity contribution in [2.45, 2.75) is 19.1 Å². The van der Waals surface area contributed by atoms with Gasteiger partial charge in [0, 0.05) is 13.2 Å². The number of nitrogens with two attached hydrogens (primary N) is 1. The topological polar surface area (TPSA) is 64.1 Å². The molecule has 1 heterocycles. The number of imidazole rings is 1. The number of aliphatic hydroxyl groups is 1. The molecule has 1 aromatic carbocycles. The van der Waals surface area contributed by atoms with Crippen LogP contribution in [0.1, 0.15) is 12.2 Å². The third-order valence-corrected chi connectivity index (χ3v) is 2.60. The van der Waals surface area contributed by atoms with Gasteiger partial charge in [0.15, 0.2) is 0 Å². The van der Waals surface area contributed by atoms with Crippen LogP contribution in [0.15, 0.2) is 18.2 Å². The van der Waals surface area contributed by atoms with Gasteiger partial charge < -0.3 is 15.4 Å². The third kappa shape index (κ3) is 2.13. The average molecular weight is 259 g/mol. The molecule has 0 spiro atoms. The Kier molecular flexibility index (Phi) is 3.16. The molecule has 2 rings (SSSR count). The van der Waals surface area contributed by atoms with Crippen LogP contribution in [0, 0.1) is 0 Å². The van der Waals surface area contributed by atoms with Crippen molar-refractivity contribution in [3.8, 4) is 0 Å². The second kappa shape index (κ2) is 4.49. The maximum atomic E-state index is 12.9. The Balaban J connectivity index is 2.65. The van der Waals surface area contributed by atoms with Gasteiger partial charge in [-0.3, -0.25) is 0 Å². The van der Waals surface area contributed by atoms with Gasteiger partial charge in [0.1, 0.15) is 5.52 Å². The maximum Gasteiger partial charge on any atom is 0.449 e. The van der Waals surface area contributed by atoms with Gasteiger partial charge in [-0.1, -0.05) is 6.07 Å². The Hall–Kier alpha value is -1.76. The number of benzene rings is 1. The van der Waals surface area contributed by atoms with Crippen LogP contribution >= 0.6 is 0 Å². The lowest BCUT2D eigenvalue weighted by atomic mass is 10.2. The van der Waals surface area contributed by atoms with Crippen molar-refractivity contribution in [1.29, 1.82) is 0 Å². The molecule has 0 saturated heterocycles. The quantitative estimate of drug-likeness (QED) is 0.829. The van der Waals surface area contributed by atoms with Crippen molar-refractivity contribution in [2.24, 2.45) is 0 Å². The highest BCUT2D eigenvalue weighted by molar-refractivity contribution is 5.87. The van der Waals surface area contributed by atoms with Gasteiger partial charge >= 0.3 is 6.18 Å². The van der Waals surface area contributed by atoms with Gasteiger partial charge in [-0.15, -0.1) is 0 Å². The van der Waals surface area contributed by atoms with E-state index in [0.717, 1.165) is 4.57 Å². The lowest BCUT2D eigenvalue weighted by Crippen LogP contribution is -2.15. The number of para-hydroxylation sites is 1. The summed E-state index contributed by atoms with van der Waals surface area (Å²) in [5.41, 5.74) is 6.30. The molecule has 0 fully saturated rings. The molecule has 0 amide bonds. The minimum atomic E-state index is -4.54. The van der Waals surface area contributed by atoms with Crippen LogP contribution in [-0.4, -0.2) is 21.3 Å². The second-order valence-electron chi connectivity index (χ2n) is 3.88. The van der Waals surface area contributed by atoms with E-state index in [4.69, 9.17) is 10.8 Å². The molecule has 4 nitrogen and oxygen atoms in total. The molecule has 0 radical (unpaired) electrons. The van der Waals surface area contributed by atoms with Crippen molar-refractivity contribution in [3.63, 3.8) is 0 Å². The SMILES string of the molecule is Nc1cccc2c1nc(C(F)(F)F)n2CCCO. The van der Waals surface area contributed by atoms with Crippen LogP contribution < -0.4 is 5.73 Å². The van der Waals surface area contributed by atoms with Crippen LogP contribution in [0.5, 0.6) is 0 Å². The minimum Gasteiger partial charge on any atom is -0.397 e. The Bertz CT molecular complexity index is 562. The summed E-state index contributed by atoms with van der Waals surface area (Å²) in [5, 5.41) is 8.75. The number of aryl methyl sites for hydroxylation is 1. The minimum absolute atomic E-state index is 0.0469. The van der Waals surface area contributed by atoms with E-state index in [1.54, 1.807) is 6.07 Å². The van der Waals surface area contributed by atoms with Gasteiger partial charge in [0.2, 0.25) is 5.82 Å². The van der Waals surface area contributed by atoms with E-state index < -0.39 is 12.0 Å². The Morgan fingerprint density at radius 2 is 2.06 bits per heavy atom. The van der Waals surface area contributed by atoms with Gasteiger partial charge in [-0.25, -0.2) is 4.98 Å². The van der Waals surface area contributed by atoms with E-state index in [-0.39, 0.29) is 30.8 Å². The molecule has 3 N–H and O–H groups in total. The summed E-state index contributed by atoms with van der Waals surface area (Å²) >= 11 is 0. The van der Waals surface area contributed by atoms with E-state index in [1.807, 2.05) is 0 Å². The van der Waals surface area contributed by atoms with Crippen molar-refractivity contribution in [2.75, 3.05) is 12.3 Å². The first-order valence-electron chi connectivity index (χ1n) is 5.38. The molecule has 0 aliphatic carbocycles. The van der Waals surface area contributed by atoms with Crippen LogP contribution in [0.3, 0.4) is 0 Å². The zero-order chi connectivity index (χ0) is 13.3. The van der Waals surface area contributed by atoms with E-state index in [0.29, 0.717) is 5.52 Å². The summed E-state index contributed by atoms with van der Waals surface area (Å²) in [5.74, 6) is -0.983. The zero-order valence-electron chi connectivity index (χ0n) is 9.41. The van der Waals surface area contributed by atoms with Crippen LogP contribution in [0.25, 0.3) is 11.0 Å². The number of aliphatic hydroxyl groups excluding tert-OH is 1. The molecule has 0 bridgehead atoms.